The van der Waals surface area contributed by atoms with Crippen LogP contribution < -0.4 is 10.1 Å². The molecule has 9 heteroatoms. The van der Waals surface area contributed by atoms with Crippen molar-refractivity contribution in [3.63, 3.8) is 0 Å². The molecule has 1 amide bonds. The zero-order valence-electron chi connectivity index (χ0n) is 12.5. The Morgan fingerprint density at radius 3 is 2.87 bits per heavy atom. The van der Waals surface area contributed by atoms with Gasteiger partial charge in [-0.1, -0.05) is 33.7 Å². The lowest BCUT2D eigenvalue weighted by atomic mass is 10.2. The Morgan fingerprint density at radius 1 is 1.35 bits per heavy atom. The lowest BCUT2D eigenvalue weighted by Crippen LogP contribution is -2.26. The highest BCUT2D eigenvalue weighted by atomic mass is 33.1. The number of carboxylic acids is 1. The van der Waals surface area contributed by atoms with E-state index >= 15 is 0 Å². The number of hydrogen-bond acceptors (Lipinski definition) is 6. The van der Waals surface area contributed by atoms with Gasteiger partial charge in [0.15, 0.2) is 5.69 Å². The molecule has 0 aliphatic carbocycles. The van der Waals surface area contributed by atoms with Gasteiger partial charge in [-0.3, -0.25) is 14.7 Å². The van der Waals surface area contributed by atoms with E-state index in [-0.39, 0.29) is 12.3 Å². The minimum absolute atomic E-state index is 0.144. The number of rotatable bonds is 9. The Balaban J connectivity index is 1.81. The molecule has 0 bridgehead atoms. The van der Waals surface area contributed by atoms with E-state index in [2.05, 4.69) is 15.5 Å². The van der Waals surface area contributed by atoms with E-state index in [0.717, 1.165) is 0 Å². The van der Waals surface area contributed by atoms with Crippen LogP contribution in [0.25, 0.3) is 10.9 Å². The number of benzene rings is 1. The average Bonchev–Trinajstić information content (AvgIpc) is 2.97. The Hall–Kier alpha value is -1.87. The number of hydrogen-bond donors (Lipinski definition) is 3. The molecule has 7 nitrogen and oxygen atoms in total. The number of aromatic nitrogens is 2. The largest absolute Gasteiger partial charge is 0.494 e. The summed E-state index contributed by atoms with van der Waals surface area (Å²) in [5, 5.41) is 18.9. The second kappa shape index (κ2) is 8.68. The molecule has 0 fully saturated rings. The van der Waals surface area contributed by atoms with Crippen LogP contribution in [0.5, 0.6) is 5.75 Å². The molecule has 23 heavy (non-hydrogen) atoms. The zero-order valence-corrected chi connectivity index (χ0v) is 14.1. The summed E-state index contributed by atoms with van der Waals surface area (Å²) in [5.74, 6) is 0.840. The van der Waals surface area contributed by atoms with Gasteiger partial charge in [-0.2, -0.15) is 5.10 Å². The number of carbonyl (C=O) groups excluding carboxylic acids is 1. The Bertz CT molecular complexity index is 690. The molecule has 0 aliphatic heterocycles. The van der Waals surface area contributed by atoms with Crippen molar-refractivity contribution in [1.82, 2.24) is 15.5 Å². The fraction of sp³-hybridized carbons (Fsp3) is 0.357. The number of amides is 1. The van der Waals surface area contributed by atoms with Crippen LogP contribution >= 0.6 is 21.6 Å². The molecule has 0 saturated carbocycles. The third-order valence-electron chi connectivity index (χ3n) is 2.95. The molecule has 0 atom stereocenters. The molecule has 0 radical (unpaired) electrons. The van der Waals surface area contributed by atoms with Gasteiger partial charge in [0.25, 0.3) is 5.91 Å². The molecule has 0 spiro atoms. The lowest BCUT2D eigenvalue weighted by Gasteiger charge is -2.03. The molecule has 3 N–H and O–H groups in total. The van der Waals surface area contributed by atoms with Gasteiger partial charge in [0.1, 0.15) is 11.3 Å². The van der Waals surface area contributed by atoms with E-state index in [1.165, 1.54) is 21.6 Å². The number of H-pyrrole nitrogens is 1. The van der Waals surface area contributed by atoms with E-state index in [4.69, 9.17) is 9.84 Å². The summed E-state index contributed by atoms with van der Waals surface area (Å²) >= 11 is 0. The quantitative estimate of drug-likeness (QED) is 0.468. The third kappa shape index (κ3) is 4.80. The van der Waals surface area contributed by atoms with E-state index in [1.54, 1.807) is 13.2 Å². The summed E-state index contributed by atoms with van der Waals surface area (Å²) in [6.45, 7) is 0.488. The van der Waals surface area contributed by atoms with Crippen molar-refractivity contribution in [2.75, 3.05) is 25.2 Å². The summed E-state index contributed by atoms with van der Waals surface area (Å²) in [5.41, 5.74) is 1.03. The van der Waals surface area contributed by atoms with Crippen molar-refractivity contribution in [2.24, 2.45) is 0 Å². The van der Waals surface area contributed by atoms with Crippen LogP contribution in [-0.4, -0.2) is 52.3 Å². The van der Waals surface area contributed by atoms with Crippen molar-refractivity contribution in [3.05, 3.63) is 23.9 Å². The van der Waals surface area contributed by atoms with Gasteiger partial charge in [0.2, 0.25) is 0 Å². The van der Waals surface area contributed by atoms with Crippen molar-refractivity contribution < 1.29 is 19.4 Å². The van der Waals surface area contributed by atoms with Crippen LogP contribution in [0, 0.1) is 0 Å². The first-order valence-electron chi connectivity index (χ1n) is 6.89. The van der Waals surface area contributed by atoms with Crippen molar-refractivity contribution in [2.45, 2.75) is 6.42 Å². The van der Waals surface area contributed by atoms with Gasteiger partial charge in [-0.05, 0) is 6.07 Å². The van der Waals surface area contributed by atoms with Crippen LogP contribution in [0.1, 0.15) is 16.9 Å². The SMILES string of the molecule is COc1cccc2c(C(=O)NCCSSCCC(=O)O)n[nH]c12. The highest BCUT2D eigenvalue weighted by Gasteiger charge is 2.15. The van der Waals surface area contributed by atoms with Gasteiger partial charge in [0, 0.05) is 23.4 Å². The Kier molecular flexibility index (Phi) is 6.60. The molecule has 0 saturated heterocycles. The number of carboxylic acid groups (broad SMARTS) is 1. The predicted octanol–water partition coefficient (Wildman–Crippen LogP) is 2.16. The van der Waals surface area contributed by atoms with E-state index in [9.17, 15) is 9.59 Å². The number of nitrogens with zero attached hydrogens (tertiary/aromatic N) is 1. The second-order valence-electron chi connectivity index (χ2n) is 4.50. The van der Waals surface area contributed by atoms with Gasteiger partial charge in [-0.15, -0.1) is 0 Å². The molecule has 1 aromatic carbocycles. The van der Waals surface area contributed by atoms with Gasteiger partial charge < -0.3 is 15.2 Å². The summed E-state index contributed by atoms with van der Waals surface area (Å²) in [7, 11) is 4.58. The standard InChI is InChI=1S/C14H17N3O4S2/c1-21-10-4-2-3-9-12(10)16-17-13(9)14(20)15-6-8-23-22-7-5-11(18)19/h2-4H,5-8H2,1H3,(H,15,20)(H,16,17)(H,18,19). The maximum atomic E-state index is 12.2. The number of nitrogens with one attached hydrogen (secondary N) is 2. The molecule has 124 valence electrons. The first kappa shape index (κ1) is 17.5. The topological polar surface area (TPSA) is 104 Å². The van der Waals surface area contributed by atoms with Crippen molar-refractivity contribution in [3.8, 4) is 5.75 Å². The van der Waals surface area contributed by atoms with E-state index in [1.807, 2.05) is 12.1 Å². The van der Waals surface area contributed by atoms with E-state index < -0.39 is 5.97 Å². The number of fused-ring (bicyclic) bond motifs is 1. The van der Waals surface area contributed by atoms with Crippen molar-refractivity contribution >= 4 is 44.4 Å². The summed E-state index contributed by atoms with van der Waals surface area (Å²) in [6, 6.07) is 5.42. The van der Waals surface area contributed by atoms with E-state index in [0.29, 0.717) is 40.4 Å². The van der Waals surface area contributed by atoms with Gasteiger partial charge in [-0.25, -0.2) is 0 Å². The maximum absolute atomic E-state index is 12.2. The van der Waals surface area contributed by atoms with Crippen LogP contribution in [0.2, 0.25) is 0 Å². The number of aliphatic carboxylic acids is 1. The minimum atomic E-state index is -0.799. The molecule has 0 unspecified atom stereocenters. The highest BCUT2D eigenvalue weighted by Crippen LogP contribution is 2.25. The molecule has 1 heterocycles. The molecule has 2 rings (SSSR count). The number of ether oxygens (including phenoxy) is 1. The van der Waals surface area contributed by atoms with Crippen LogP contribution in [0.4, 0.5) is 0 Å². The summed E-state index contributed by atoms with van der Waals surface area (Å²) in [4.78, 5) is 22.5. The molecule has 0 aliphatic rings. The Labute approximate surface area is 140 Å². The summed E-state index contributed by atoms with van der Waals surface area (Å²) < 4.78 is 5.22. The highest BCUT2D eigenvalue weighted by molar-refractivity contribution is 8.76. The van der Waals surface area contributed by atoms with Gasteiger partial charge in [0.05, 0.1) is 13.5 Å². The van der Waals surface area contributed by atoms with Crippen LogP contribution in [0.15, 0.2) is 18.2 Å². The fourth-order valence-electron chi connectivity index (χ4n) is 1.90. The number of carbonyl (C=O) groups is 2. The molecule has 2 aromatic rings. The van der Waals surface area contributed by atoms with Crippen LogP contribution in [0.3, 0.4) is 0 Å². The molecular formula is C14H17N3O4S2. The first-order chi connectivity index (χ1) is 11.1. The Morgan fingerprint density at radius 2 is 2.13 bits per heavy atom. The number of para-hydroxylation sites is 1. The van der Waals surface area contributed by atoms with Crippen molar-refractivity contribution in [1.29, 1.82) is 0 Å². The predicted molar refractivity (Wildman–Crippen MR) is 92.1 cm³/mol. The normalized spacial score (nSPS) is 10.7. The van der Waals surface area contributed by atoms with Gasteiger partial charge >= 0.3 is 5.97 Å². The summed E-state index contributed by atoms with van der Waals surface area (Å²) in [6.07, 6.45) is 0.144. The zero-order chi connectivity index (χ0) is 16.7. The number of aromatic amines is 1. The molecular weight excluding hydrogens is 338 g/mol. The maximum Gasteiger partial charge on any atom is 0.304 e. The fourth-order valence-corrected chi connectivity index (χ4v) is 3.78. The van der Waals surface area contributed by atoms with Crippen LogP contribution in [-0.2, 0) is 4.79 Å². The minimum Gasteiger partial charge on any atom is -0.494 e. The average molecular weight is 355 g/mol. The monoisotopic (exact) mass is 355 g/mol. The number of methoxy groups -OCH3 is 1. The first-order valence-corrected chi connectivity index (χ1v) is 9.37. The lowest BCUT2D eigenvalue weighted by molar-refractivity contribution is -0.136. The smallest absolute Gasteiger partial charge is 0.304 e. The molecule has 1 aromatic heterocycles. The second-order valence-corrected chi connectivity index (χ2v) is 7.20. The third-order valence-corrected chi connectivity index (χ3v) is 5.36.